The predicted molar refractivity (Wildman–Crippen MR) is 128 cm³/mol. The van der Waals surface area contributed by atoms with Gasteiger partial charge in [-0.15, -0.1) is 24.0 Å². The molecule has 8 heteroatoms. The first-order chi connectivity index (χ1) is 13.5. The fraction of sp³-hybridized carbons (Fsp3) is 0.571. The van der Waals surface area contributed by atoms with Crippen LogP contribution in [0, 0.1) is 0 Å². The lowest BCUT2D eigenvalue weighted by Crippen LogP contribution is -2.38. The first-order valence-electron chi connectivity index (χ1n) is 10.1. The lowest BCUT2D eigenvalue weighted by Gasteiger charge is -2.15. The van der Waals surface area contributed by atoms with E-state index in [0.29, 0.717) is 18.5 Å². The van der Waals surface area contributed by atoms with Gasteiger partial charge >= 0.3 is 0 Å². The third-order valence-corrected chi connectivity index (χ3v) is 4.66. The molecule has 0 saturated carbocycles. The monoisotopic (exact) mass is 515 g/mol. The molecule has 2 amide bonds. The van der Waals surface area contributed by atoms with Crippen molar-refractivity contribution >= 4 is 41.8 Å². The molecule has 0 unspecified atom stereocenters. The van der Waals surface area contributed by atoms with E-state index in [1.54, 1.807) is 19.0 Å². The standard InChI is InChI=1S/C21H33N5O2.HI/c1-4-22-21(23-12-7-15-26-14-6-10-19(26)27)24-13-11-17-8-5-9-18(16-17)20(28)25(2)3;/h5,8-9,16H,4,6-7,10-15H2,1-3H3,(H2,22,23,24);1H. The van der Waals surface area contributed by atoms with Gasteiger partial charge in [-0.1, -0.05) is 12.1 Å². The maximum atomic E-state index is 12.1. The van der Waals surface area contributed by atoms with Crippen molar-refractivity contribution < 1.29 is 9.59 Å². The average Bonchev–Trinajstić information content (AvgIpc) is 3.09. The second kappa shape index (κ2) is 13.4. The molecule has 0 atom stereocenters. The fourth-order valence-corrected chi connectivity index (χ4v) is 3.18. The summed E-state index contributed by atoms with van der Waals surface area (Å²) in [4.78, 5) is 31.8. The molecule has 1 aliphatic rings. The van der Waals surface area contributed by atoms with E-state index in [-0.39, 0.29) is 35.8 Å². The molecule has 1 aliphatic heterocycles. The van der Waals surface area contributed by atoms with E-state index in [9.17, 15) is 9.59 Å². The summed E-state index contributed by atoms with van der Waals surface area (Å²) in [6.07, 6.45) is 3.35. The van der Waals surface area contributed by atoms with Crippen molar-refractivity contribution in [3.8, 4) is 0 Å². The highest BCUT2D eigenvalue weighted by molar-refractivity contribution is 14.0. The van der Waals surface area contributed by atoms with Crippen molar-refractivity contribution in [3.63, 3.8) is 0 Å². The van der Waals surface area contributed by atoms with Gasteiger partial charge in [0.05, 0.1) is 0 Å². The third-order valence-electron chi connectivity index (χ3n) is 4.66. The van der Waals surface area contributed by atoms with Gasteiger partial charge in [-0.2, -0.15) is 0 Å². The topological polar surface area (TPSA) is 77.0 Å². The maximum absolute atomic E-state index is 12.1. The molecule has 1 saturated heterocycles. The number of likely N-dealkylation sites (tertiary alicyclic amines) is 1. The van der Waals surface area contributed by atoms with Crippen LogP contribution < -0.4 is 10.6 Å². The van der Waals surface area contributed by atoms with Crippen molar-refractivity contribution in [3.05, 3.63) is 35.4 Å². The summed E-state index contributed by atoms with van der Waals surface area (Å²) in [6.45, 7) is 5.92. The van der Waals surface area contributed by atoms with Crippen LogP contribution in [-0.2, 0) is 11.2 Å². The lowest BCUT2D eigenvalue weighted by atomic mass is 10.1. The highest BCUT2D eigenvalue weighted by Crippen LogP contribution is 2.10. The lowest BCUT2D eigenvalue weighted by molar-refractivity contribution is -0.127. The molecule has 0 bridgehead atoms. The molecule has 1 fully saturated rings. The van der Waals surface area contributed by atoms with Crippen molar-refractivity contribution in [1.29, 1.82) is 0 Å². The average molecular weight is 515 g/mol. The van der Waals surface area contributed by atoms with Crippen molar-refractivity contribution in [2.75, 3.05) is 46.8 Å². The van der Waals surface area contributed by atoms with Gasteiger partial charge in [-0.25, -0.2) is 0 Å². The van der Waals surface area contributed by atoms with E-state index >= 15 is 0 Å². The van der Waals surface area contributed by atoms with Crippen molar-refractivity contribution in [2.45, 2.75) is 32.6 Å². The van der Waals surface area contributed by atoms with Crippen LogP contribution in [0.25, 0.3) is 0 Å². The Labute approximate surface area is 191 Å². The number of benzene rings is 1. The molecule has 162 valence electrons. The summed E-state index contributed by atoms with van der Waals surface area (Å²) in [7, 11) is 3.52. The molecule has 29 heavy (non-hydrogen) atoms. The smallest absolute Gasteiger partial charge is 0.253 e. The zero-order valence-electron chi connectivity index (χ0n) is 17.7. The minimum Gasteiger partial charge on any atom is -0.357 e. The summed E-state index contributed by atoms with van der Waals surface area (Å²) in [5.74, 6) is 1.07. The third kappa shape index (κ3) is 8.59. The van der Waals surface area contributed by atoms with Crippen LogP contribution in [0.4, 0.5) is 0 Å². The van der Waals surface area contributed by atoms with Crippen LogP contribution in [0.15, 0.2) is 29.3 Å². The van der Waals surface area contributed by atoms with Gasteiger partial charge in [0.1, 0.15) is 0 Å². The highest BCUT2D eigenvalue weighted by Gasteiger charge is 2.18. The van der Waals surface area contributed by atoms with Gasteiger partial charge in [-0.3, -0.25) is 14.6 Å². The minimum absolute atomic E-state index is 0. The van der Waals surface area contributed by atoms with E-state index in [1.807, 2.05) is 36.1 Å². The highest BCUT2D eigenvalue weighted by atomic mass is 127. The Kier molecular flexibility index (Phi) is 11.6. The van der Waals surface area contributed by atoms with Crippen molar-refractivity contribution in [2.24, 2.45) is 4.99 Å². The second-order valence-corrected chi connectivity index (χ2v) is 7.18. The SMILES string of the molecule is CCNC(=NCCCN1CCCC1=O)NCCc1cccc(C(=O)N(C)C)c1.I. The Morgan fingerprint density at radius 3 is 2.72 bits per heavy atom. The molecule has 0 aromatic heterocycles. The Balaban J connectivity index is 0.00000420. The van der Waals surface area contributed by atoms with Crippen LogP contribution >= 0.6 is 24.0 Å². The Bertz CT molecular complexity index is 693. The molecule has 1 heterocycles. The molecule has 2 rings (SSSR count). The first kappa shape index (κ1) is 25.2. The summed E-state index contributed by atoms with van der Waals surface area (Å²) in [5.41, 5.74) is 1.82. The van der Waals surface area contributed by atoms with Crippen LogP contribution in [0.1, 0.15) is 42.1 Å². The number of nitrogens with one attached hydrogen (secondary N) is 2. The van der Waals surface area contributed by atoms with E-state index in [0.717, 1.165) is 57.0 Å². The molecule has 0 radical (unpaired) electrons. The molecule has 0 spiro atoms. The number of carbonyl (C=O) groups excluding carboxylic acids is 2. The fourth-order valence-electron chi connectivity index (χ4n) is 3.18. The zero-order chi connectivity index (χ0) is 20.4. The number of rotatable bonds is 9. The molecule has 1 aromatic carbocycles. The molecule has 2 N–H and O–H groups in total. The van der Waals surface area contributed by atoms with Gasteiger partial charge < -0.3 is 20.4 Å². The molecular weight excluding hydrogens is 481 g/mol. The largest absolute Gasteiger partial charge is 0.357 e. The van der Waals surface area contributed by atoms with E-state index in [4.69, 9.17) is 0 Å². The summed E-state index contributed by atoms with van der Waals surface area (Å²) >= 11 is 0. The van der Waals surface area contributed by atoms with Gasteiger partial charge in [0.2, 0.25) is 5.91 Å². The van der Waals surface area contributed by atoms with E-state index in [1.165, 1.54) is 0 Å². The number of hydrogen-bond donors (Lipinski definition) is 2. The van der Waals surface area contributed by atoms with Crippen LogP contribution in [0.5, 0.6) is 0 Å². The molecule has 1 aromatic rings. The summed E-state index contributed by atoms with van der Waals surface area (Å²) in [5, 5.41) is 6.59. The van der Waals surface area contributed by atoms with Crippen LogP contribution in [0.3, 0.4) is 0 Å². The second-order valence-electron chi connectivity index (χ2n) is 7.18. The summed E-state index contributed by atoms with van der Waals surface area (Å²) < 4.78 is 0. The van der Waals surface area contributed by atoms with Gasteiger partial charge in [0.25, 0.3) is 5.91 Å². The Morgan fingerprint density at radius 2 is 2.07 bits per heavy atom. The number of hydrogen-bond acceptors (Lipinski definition) is 3. The number of carbonyl (C=O) groups is 2. The maximum Gasteiger partial charge on any atom is 0.253 e. The molecular formula is C21H34IN5O2. The number of amides is 2. The summed E-state index contributed by atoms with van der Waals surface area (Å²) in [6, 6.07) is 7.74. The number of guanidine groups is 1. The van der Waals surface area contributed by atoms with E-state index in [2.05, 4.69) is 15.6 Å². The van der Waals surface area contributed by atoms with E-state index < -0.39 is 0 Å². The number of aliphatic imine (C=N–C) groups is 1. The predicted octanol–water partition coefficient (Wildman–Crippen LogP) is 2.12. The first-order valence-corrected chi connectivity index (χ1v) is 10.1. The quantitative estimate of drug-likeness (QED) is 0.229. The normalized spacial score (nSPS) is 13.8. The number of halogens is 1. The zero-order valence-corrected chi connectivity index (χ0v) is 20.1. The van der Waals surface area contributed by atoms with Crippen LogP contribution in [0.2, 0.25) is 0 Å². The van der Waals surface area contributed by atoms with Crippen molar-refractivity contribution in [1.82, 2.24) is 20.4 Å². The molecule has 0 aliphatic carbocycles. The molecule has 7 nitrogen and oxygen atoms in total. The number of nitrogens with zero attached hydrogens (tertiary/aromatic N) is 3. The van der Waals surface area contributed by atoms with Gasteiger partial charge in [0.15, 0.2) is 5.96 Å². The Hall–Kier alpha value is -1.84. The van der Waals surface area contributed by atoms with Crippen LogP contribution in [-0.4, -0.2) is 74.4 Å². The van der Waals surface area contributed by atoms with Gasteiger partial charge in [-0.05, 0) is 43.9 Å². The Morgan fingerprint density at radius 1 is 1.28 bits per heavy atom. The van der Waals surface area contributed by atoms with Gasteiger partial charge in [0, 0.05) is 58.8 Å². The minimum atomic E-state index is 0.